The molecule has 20 heavy (non-hydrogen) atoms. The summed E-state index contributed by atoms with van der Waals surface area (Å²) in [5.74, 6) is -0.573. The molecule has 1 aromatic carbocycles. The lowest BCUT2D eigenvalue weighted by Crippen LogP contribution is -2.35. The topological polar surface area (TPSA) is 87.7 Å². The van der Waals surface area contributed by atoms with E-state index >= 15 is 0 Å². The van der Waals surface area contributed by atoms with Gasteiger partial charge in [-0.05, 0) is 37.0 Å². The number of carbonyl (C=O) groups is 2. The summed E-state index contributed by atoms with van der Waals surface area (Å²) in [6, 6.07) is 5.83. The van der Waals surface area contributed by atoms with Gasteiger partial charge in [0.25, 0.3) is 0 Å². The average molecular weight is 278 g/mol. The highest BCUT2D eigenvalue weighted by Gasteiger charge is 2.14. The van der Waals surface area contributed by atoms with Crippen LogP contribution in [0.4, 0.5) is 10.5 Å². The lowest BCUT2D eigenvalue weighted by atomic mass is 10.0. The Hall–Kier alpha value is -2.08. The van der Waals surface area contributed by atoms with Crippen molar-refractivity contribution in [1.29, 1.82) is 0 Å². The summed E-state index contributed by atoms with van der Waals surface area (Å²) < 4.78 is 5.25. The molecule has 0 aromatic heterocycles. The third-order valence-corrected chi connectivity index (χ3v) is 3.26. The van der Waals surface area contributed by atoms with Crippen molar-refractivity contribution in [2.45, 2.75) is 12.8 Å². The van der Waals surface area contributed by atoms with Crippen molar-refractivity contribution in [2.24, 2.45) is 5.92 Å². The van der Waals surface area contributed by atoms with Gasteiger partial charge in [-0.2, -0.15) is 0 Å². The summed E-state index contributed by atoms with van der Waals surface area (Å²) in [4.78, 5) is 22.6. The minimum Gasteiger partial charge on any atom is -0.478 e. The van der Waals surface area contributed by atoms with E-state index in [1.54, 1.807) is 12.1 Å². The van der Waals surface area contributed by atoms with Crippen LogP contribution in [0.3, 0.4) is 0 Å². The van der Waals surface area contributed by atoms with Gasteiger partial charge in [-0.3, -0.25) is 0 Å². The Balaban J connectivity index is 1.81. The SMILES string of the molecule is O=C(NCC1CCOCC1)Nc1cccc(C(=O)O)c1. The van der Waals surface area contributed by atoms with E-state index < -0.39 is 5.97 Å². The van der Waals surface area contributed by atoms with E-state index in [2.05, 4.69) is 10.6 Å². The molecule has 0 saturated carbocycles. The Bertz CT molecular complexity index is 484. The number of aromatic carboxylic acids is 1. The molecule has 1 heterocycles. The molecule has 0 atom stereocenters. The van der Waals surface area contributed by atoms with Gasteiger partial charge in [0.2, 0.25) is 0 Å². The standard InChI is InChI=1S/C14H18N2O4/c17-13(18)11-2-1-3-12(8-11)16-14(19)15-9-10-4-6-20-7-5-10/h1-3,8,10H,4-7,9H2,(H,17,18)(H2,15,16,19). The number of carboxylic acids is 1. The second-order valence-electron chi connectivity index (χ2n) is 4.78. The van der Waals surface area contributed by atoms with E-state index in [1.807, 2.05) is 0 Å². The fraction of sp³-hybridized carbons (Fsp3) is 0.429. The lowest BCUT2D eigenvalue weighted by Gasteiger charge is -2.22. The Labute approximate surface area is 117 Å². The molecule has 108 valence electrons. The first-order valence-corrected chi connectivity index (χ1v) is 6.61. The maximum Gasteiger partial charge on any atom is 0.335 e. The van der Waals surface area contributed by atoms with Gasteiger partial charge < -0.3 is 20.5 Å². The van der Waals surface area contributed by atoms with E-state index in [0.717, 1.165) is 26.1 Å². The summed E-state index contributed by atoms with van der Waals surface area (Å²) in [5, 5.41) is 14.3. The number of amides is 2. The van der Waals surface area contributed by atoms with Crippen LogP contribution in [-0.4, -0.2) is 36.9 Å². The third-order valence-electron chi connectivity index (χ3n) is 3.26. The highest BCUT2D eigenvalue weighted by molar-refractivity contribution is 5.93. The second kappa shape index (κ2) is 6.91. The molecule has 0 aliphatic carbocycles. The molecule has 0 radical (unpaired) electrons. The van der Waals surface area contributed by atoms with Crippen LogP contribution in [0.5, 0.6) is 0 Å². The molecule has 0 unspecified atom stereocenters. The number of carboxylic acid groups (broad SMARTS) is 1. The molecule has 6 nitrogen and oxygen atoms in total. The van der Waals surface area contributed by atoms with Gasteiger partial charge in [0, 0.05) is 25.4 Å². The largest absolute Gasteiger partial charge is 0.478 e. The summed E-state index contributed by atoms with van der Waals surface area (Å²) in [6.07, 6.45) is 1.91. The predicted molar refractivity (Wildman–Crippen MR) is 74.0 cm³/mol. The molecule has 0 bridgehead atoms. The number of benzene rings is 1. The van der Waals surface area contributed by atoms with Crippen LogP contribution in [0.1, 0.15) is 23.2 Å². The Kier molecular flexibility index (Phi) is 4.95. The Morgan fingerprint density at radius 3 is 2.75 bits per heavy atom. The first-order valence-electron chi connectivity index (χ1n) is 6.61. The minimum atomic E-state index is -1.02. The van der Waals surface area contributed by atoms with Crippen LogP contribution < -0.4 is 10.6 Å². The number of rotatable bonds is 4. The summed E-state index contributed by atoms with van der Waals surface area (Å²) in [5.41, 5.74) is 0.613. The number of nitrogens with one attached hydrogen (secondary N) is 2. The molecule has 2 rings (SSSR count). The van der Waals surface area contributed by atoms with Crippen molar-refractivity contribution < 1.29 is 19.4 Å². The number of urea groups is 1. The van der Waals surface area contributed by atoms with Crippen LogP contribution >= 0.6 is 0 Å². The lowest BCUT2D eigenvalue weighted by molar-refractivity contribution is 0.0670. The van der Waals surface area contributed by atoms with Gasteiger partial charge in [0.15, 0.2) is 0 Å². The molecule has 6 heteroatoms. The number of anilines is 1. The zero-order valence-electron chi connectivity index (χ0n) is 11.1. The van der Waals surface area contributed by atoms with E-state index in [1.165, 1.54) is 12.1 Å². The zero-order valence-corrected chi connectivity index (χ0v) is 11.1. The summed E-state index contributed by atoms with van der Waals surface area (Å²) in [6.45, 7) is 2.09. The minimum absolute atomic E-state index is 0.146. The first kappa shape index (κ1) is 14.3. The fourth-order valence-corrected chi connectivity index (χ4v) is 2.09. The van der Waals surface area contributed by atoms with Crippen LogP contribution in [-0.2, 0) is 4.74 Å². The quantitative estimate of drug-likeness (QED) is 0.785. The third kappa shape index (κ3) is 4.24. The molecule has 1 aliphatic heterocycles. The van der Waals surface area contributed by atoms with Crippen molar-refractivity contribution in [1.82, 2.24) is 5.32 Å². The van der Waals surface area contributed by atoms with Crippen molar-refractivity contribution in [3.63, 3.8) is 0 Å². The molecule has 1 aliphatic rings. The highest BCUT2D eigenvalue weighted by atomic mass is 16.5. The second-order valence-corrected chi connectivity index (χ2v) is 4.78. The van der Waals surface area contributed by atoms with Crippen molar-refractivity contribution in [3.8, 4) is 0 Å². The zero-order chi connectivity index (χ0) is 14.4. The molecule has 2 amide bonds. The van der Waals surface area contributed by atoms with Crippen molar-refractivity contribution in [2.75, 3.05) is 25.1 Å². The summed E-state index contributed by atoms with van der Waals surface area (Å²) >= 11 is 0. The number of carbonyl (C=O) groups excluding carboxylic acids is 1. The van der Waals surface area contributed by atoms with Gasteiger partial charge in [-0.25, -0.2) is 9.59 Å². The Morgan fingerprint density at radius 1 is 1.30 bits per heavy atom. The van der Waals surface area contributed by atoms with E-state index in [-0.39, 0.29) is 11.6 Å². The first-order chi connectivity index (χ1) is 9.65. The normalized spacial score (nSPS) is 15.6. The molecule has 0 spiro atoms. The monoisotopic (exact) mass is 278 g/mol. The van der Waals surface area contributed by atoms with Crippen molar-refractivity contribution >= 4 is 17.7 Å². The maximum absolute atomic E-state index is 11.7. The molecule has 1 aromatic rings. The highest BCUT2D eigenvalue weighted by Crippen LogP contribution is 2.14. The predicted octanol–water partition coefficient (Wildman–Crippen LogP) is 1.93. The number of ether oxygens (including phenoxy) is 1. The van der Waals surface area contributed by atoms with Crippen LogP contribution in [0.15, 0.2) is 24.3 Å². The van der Waals surface area contributed by atoms with Crippen molar-refractivity contribution in [3.05, 3.63) is 29.8 Å². The smallest absolute Gasteiger partial charge is 0.335 e. The average Bonchev–Trinajstić information content (AvgIpc) is 2.46. The van der Waals surface area contributed by atoms with Gasteiger partial charge in [0.05, 0.1) is 5.56 Å². The molecule has 1 fully saturated rings. The van der Waals surface area contributed by atoms with Crippen LogP contribution in [0.2, 0.25) is 0 Å². The van der Waals surface area contributed by atoms with E-state index in [9.17, 15) is 9.59 Å². The van der Waals surface area contributed by atoms with Gasteiger partial charge in [-0.15, -0.1) is 0 Å². The number of hydrogen-bond acceptors (Lipinski definition) is 3. The van der Waals surface area contributed by atoms with Crippen LogP contribution in [0, 0.1) is 5.92 Å². The fourth-order valence-electron chi connectivity index (χ4n) is 2.09. The Morgan fingerprint density at radius 2 is 2.05 bits per heavy atom. The van der Waals surface area contributed by atoms with E-state index in [4.69, 9.17) is 9.84 Å². The number of hydrogen-bond donors (Lipinski definition) is 3. The summed E-state index contributed by atoms with van der Waals surface area (Å²) in [7, 11) is 0. The van der Waals surface area contributed by atoms with Gasteiger partial charge >= 0.3 is 12.0 Å². The maximum atomic E-state index is 11.7. The van der Waals surface area contributed by atoms with Crippen LogP contribution in [0.25, 0.3) is 0 Å². The van der Waals surface area contributed by atoms with Gasteiger partial charge in [-0.1, -0.05) is 6.07 Å². The van der Waals surface area contributed by atoms with Gasteiger partial charge in [0.1, 0.15) is 0 Å². The molecular formula is C14H18N2O4. The molecular weight excluding hydrogens is 260 g/mol. The molecule has 1 saturated heterocycles. The van der Waals surface area contributed by atoms with E-state index in [0.29, 0.717) is 18.2 Å². The molecule has 3 N–H and O–H groups in total.